The normalized spacial score (nSPS) is 7.60. The molecule has 0 heterocycles. The summed E-state index contributed by atoms with van der Waals surface area (Å²) in [5, 5.41) is 19.0. The van der Waals surface area contributed by atoms with Crippen LogP contribution in [0.5, 0.6) is 0 Å². The number of ketones is 2. The van der Waals surface area contributed by atoms with Gasteiger partial charge in [0, 0.05) is 24.8 Å². The Kier molecular flexibility index (Phi) is 14.8. The van der Waals surface area contributed by atoms with Crippen LogP contribution in [0.2, 0.25) is 0 Å². The maximum Gasteiger partial charge on any atom is 2.00 e. The largest absolute Gasteiger partial charge is 2.00 e. The van der Waals surface area contributed by atoms with E-state index in [2.05, 4.69) is 0 Å². The van der Waals surface area contributed by atoms with Gasteiger partial charge in [0.25, 0.3) is 0 Å². The molecule has 0 aromatic heterocycles. The fourth-order valence-electron chi connectivity index (χ4n) is 0.407. The first-order chi connectivity index (χ1) is 6.25. The molecule has 0 unspecified atom stereocenters. The molecular formula is C8H10O6Pb. The predicted octanol–water partition coefficient (Wildman–Crippen LogP) is -2.95. The van der Waals surface area contributed by atoms with Gasteiger partial charge in [0.1, 0.15) is 11.6 Å². The summed E-state index contributed by atoms with van der Waals surface area (Å²) in [7, 11) is 0. The molecule has 0 aromatic carbocycles. The molecule has 0 N–H and O–H groups in total. The van der Waals surface area contributed by atoms with E-state index in [0.29, 0.717) is 0 Å². The zero-order valence-corrected chi connectivity index (χ0v) is 12.3. The molecule has 2 radical (unpaired) electrons. The van der Waals surface area contributed by atoms with E-state index in [9.17, 15) is 29.4 Å². The monoisotopic (exact) mass is 410 g/mol. The summed E-state index contributed by atoms with van der Waals surface area (Å²) >= 11 is 0. The van der Waals surface area contributed by atoms with Crippen molar-refractivity contribution < 1.29 is 29.4 Å². The van der Waals surface area contributed by atoms with Crippen molar-refractivity contribution in [3.63, 3.8) is 0 Å². The van der Waals surface area contributed by atoms with Crippen molar-refractivity contribution in [2.24, 2.45) is 0 Å². The Bertz CT molecular complexity index is 198. The van der Waals surface area contributed by atoms with Crippen LogP contribution in [0.4, 0.5) is 0 Å². The van der Waals surface area contributed by atoms with Gasteiger partial charge in [-0.3, -0.25) is 9.59 Å². The van der Waals surface area contributed by atoms with Gasteiger partial charge in [-0.15, -0.1) is 0 Å². The molecule has 0 aromatic rings. The summed E-state index contributed by atoms with van der Waals surface area (Å²) in [5.74, 6) is -3.37. The Morgan fingerprint density at radius 3 is 1.00 bits per heavy atom. The molecular weight excluding hydrogens is 399 g/mol. The second-order valence-corrected chi connectivity index (χ2v) is 2.50. The summed E-state index contributed by atoms with van der Waals surface area (Å²) in [4.78, 5) is 38.6. The van der Waals surface area contributed by atoms with Crippen molar-refractivity contribution in [3.8, 4) is 0 Å². The van der Waals surface area contributed by atoms with Crippen molar-refractivity contribution in [1.29, 1.82) is 0 Å². The van der Waals surface area contributed by atoms with E-state index < -0.39 is 24.8 Å². The number of carbonyl (C=O) groups excluding carboxylic acids is 4. The second-order valence-electron chi connectivity index (χ2n) is 2.50. The molecule has 0 aliphatic carbocycles. The van der Waals surface area contributed by atoms with E-state index in [0.717, 1.165) is 0 Å². The Morgan fingerprint density at radius 2 is 1.00 bits per heavy atom. The molecule has 0 fully saturated rings. The number of hydrogen-bond acceptors (Lipinski definition) is 6. The van der Waals surface area contributed by atoms with E-state index in [1.54, 1.807) is 0 Å². The summed E-state index contributed by atoms with van der Waals surface area (Å²) in [6, 6.07) is 0. The van der Waals surface area contributed by atoms with Crippen molar-refractivity contribution in [2.45, 2.75) is 26.7 Å². The van der Waals surface area contributed by atoms with Crippen molar-refractivity contribution in [1.82, 2.24) is 0 Å². The van der Waals surface area contributed by atoms with E-state index in [4.69, 9.17) is 0 Å². The van der Waals surface area contributed by atoms with Gasteiger partial charge in [-0.1, -0.05) is 0 Å². The zero-order valence-electron chi connectivity index (χ0n) is 8.36. The van der Waals surface area contributed by atoms with Gasteiger partial charge < -0.3 is 19.8 Å². The molecule has 15 heavy (non-hydrogen) atoms. The van der Waals surface area contributed by atoms with Gasteiger partial charge in [0.05, 0.1) is 0 Å². The Morgan fingerprint density at radius 1 is 0.800 bits per heavy atom. The van der Waals surface area contributed by atoms with Gasteiger partial charge in [0.15, 0.2) is 0 Å². The first-order valence-electron chi connectivity index (χ1n) is 3.64. The Labute approximate surface area is 107 Å². The van der Waals surface area contributed by atoms with E-state index in [1.165, 1.54) is 13.8 Å². The van der Waals surface area contributed by atoms with Crippen LogP contribution in [0, 0.1) is 0 Å². The number of carbonyl (C=O) groups is 4. The number of hydrogen-bond donors (Lipinski definition) is 0. The van der Waals surface area contributed by atoms with Crippen LogP contribution in [0.15, 0.2) is 0 Å². The van der Waals surface area contributed by atoms with E-state index in [1.807, 2.05) is 0 Å². The predicted molar refractivity (Wildman–Crippen MR) is 46.4 cm³/mol. The summed E-state index contributed by atoms with van der Waals surface area (Å²) in [6.45, 7) is 2.41. The topological polar surface area (TPSA) is 114 Å². The maximum absolute atomic E-state index is 9.83. The average molecular weight is 409 g/mol. The minimum Gasteiger partial charge on any atom is -0.550 e. The van der Waals surface area contributed by atoms with Crippen molar-refractivity contribution >= 4 is 50.8 Å². The van der Waals surface area contributed by atoms with Crippen molar-refractivity contribution in [3.05, 3.63) is 0 Å². The SMILES string of the molecule is CC(=O)CC(=O)[O-].CC(=O)CC(=O)[O-].[Pb+2]. The van der Waals surface area contributed by atoms with Crippen LogP contribution in [0.1, 0.15) is 26.7 Å². The molecule has 0 atom stereocenters. The van der Waals surface area contributed by atoms with Crippen LogP contribution >= 0.6 is 0 Å². The minimum atomic E-state index is -1.31. The summed E-state index contributed by atoms with van der Waals surface area (Å²) in [6.07, 6.45) is -0.944. The first-order valence-corrected chi connectivity index (χ1v) is 3.64. The first kappa shape index (κ1) is 19.7. The molecule has 6 nitrogen and oxygen atoms in total. The molecule has 0 saturated carbocycles. The number of aliphatic carboxylic acids is 2. The fourth-order valence-corrected chi connectivity index (χ4v) is 0.407. The van der Waals surface area contributed by atoms with Gasteiger partial charge in [-0.25, -0.2) is 0 Å². The standard InChI is InChI=1S/2C4H6O3.Pb/c2*1-3(5)2-4(6)7;/h2*2H2,1H3,(H,6,7);/q;;+2/p-2. The van der Waals surface area contributed by atoms with Gasteiger partial charge >= 0.3 is 27.3 Å². The van der Waals surface area contributed by atoms with Gasteiger partial charge in [-0.05, 0) is 13.8 Å². The Hall–Kier alpha value is -0.798. The van der Waals surface area contributed by atoms with Crippen LogP contribution in [-0.2, 0) is 19.2 Å². The summed E-state index contributed by atoms with van der Waals surface area (Å²) in [5.41, 5.74) is 0. The fraction of sp³-hybridized carbons (Fsp3) is 0.500. The average Bonchev–Trinajstić information content (AvgIpc) is 1.79. The molecule has 7 heteroatoms. The number of carboxylic acid groups (broad SMARTS) is 2. The molecule has 0 rings (SSSR count). The molecule has 0 spiro atoms. The van der Waals surface area contributed by atoms with Crippen LogP contribution in [0.25, 0.3) is 0 Å². The molecule has 0 amide bonds. The third kappa shape index (κ3) is 31.9. The minimum absolute atomic E-state index is 0. The van der Waals surface area contributed by atoms with Crippen LogP contribution in [0.3, 0.4) is 0 Å². The second kappa shape index (κ2) is 11.3. The maximum atomic E-state index is 9.83. The van der Waals surface area contributed by atoms with Gasteiger partial charge in [0.2, 0.25) is 0 Å². The quantitative estimate of drug-likeness (QED) is 0.362. The number of rotatable bonds is 4. The number of carboxylic acids is 2. The van der Waals surface area contributed by atoms with E-state index >= 15 is 0 Å². The molecule has 0 aliphatic heterocycles. The van der Waals surface area contributed by atoms with E-state index in [-0.39, 0.29) is 38.9 Å². The summed E-state index contributed by atoms with van der Waals surface area (Å²) < 4.78 is 0. The van der Waals surface area contributed by atoms with Crippen LogP contribution < -0.4 is 10.2 Å². The molecule has 0 bridgehead atoms. The third-order valence-electron chi connectivity index (χ3n) is 0.787. The van der Waals surface area contributed by atoms with Crippen LogP contribution in [-0.4, -0.2) is 50.8 Å². The van der Waals surface area contributed by atoms with Crippen molar-refractivity contribution in [2.75, 3.05) is 0 Å². The molecule has 0 saturated heterocycles. The smallest absolute Gasteiger partial charge is 0.550 e. The Balaban J connectivity index is -0.000000180. The third-order valence-corrected chi connectivity index (χ3v) is 0.787. The zero-order chi connectivity index (χ0) is 11.7. The molecule has 82 valence electrons. The number of Topliss-reactive ketones (excluding diaryl/α,β-unsaturated/α-hetero) is 2. The van der Waals surface area contributed by atoms with Gasteiger partial charge in [-0.2, -0.15) is 0 Å². The molecule has 0 aliphatic rings.